The molecule has 0 aliphatic heterocycles. The van der Waals surface area contributed by atoms with Gasteiger partial charge in [0.05, 0.1) is 0 Å². The molecule has 3 nitrogen and oxygen atoms in total. The first-order valence-electron chi connectivity index (χ1n) is 9.08. The van der Waals surface area contributed by atoms with Crippen molar-refractivity contribution in [2.24, 2.45) is 0 Å². The number of carbonyl (C=O) groups excluding carboxylic acids is 1. The lowest BCUT2D eigenvalue weighted by molar-refractivity contribution is -0.134. The van der Waals surface area contributed by atoms with Gasteiger partial charge in [0.2, 0.25) is 0 Å². The van der Waals surface area contributed by atoms with Crippen molar-refractivity contribution in [3.63, 3.8) is 0 Å². The summed E-state index contributed by atoms with van der Waals surface area (Å²) in [4.78, 5) is 19.1. The van der Waals surface area contributed by atoms with Crippen molar-refractivity contribution in [1.29, 1.82) is 0 Å². The Bertz CT molecular complexity index is 302. The number of hydrogen-bond donors (Lipinski definition) is 1. The van der Waals surface area contributed by atoms with E-state index >= 15 is 0 Å². The number of aldehydes is 1. The molecule has 0 aromatic rings. The molecule has 0 saturated heterocycles. The number of allylic oxidation sites excluding steroid dienone is 4. The van der Waals surface area contributed by atoms with Gasteiger partial charge in [0, 0.05) is 13.3 Å². The second kappa shape index (κ2) is 22.9. The molecule has 0 spiro atoms. The lowest BCUT2D eigenvalue weighted by atomic mass is 10.1. The Morgan fingerprint density at radius 1 is 0.783 bits per heavy atom. The highest BCUT2D eigenvalue weighted by Crippen LogP contribution is 2.07. The maximum atomic E-state index is 10.1. The Labute approximate surface area is 142 Å². The number of rotatable bonds is 14. The van der Waals surface area contributed by atoms with Crippen LogP contribution < -0.4 is 0 Å². The van der Waals surface area contributed by atoms with Gasteiger partial charge in [0.1, 0.15) is 6.29 Å². The lowest BCUT2D eigenvalue weighted by Crippen LogP contribution is -1.80. The first kappa shape index (κ1) is 23.9. The Hall–Kier alpha value is -1.38. The summed E-state index contributed by atoms with van der Waals surface area (Å²) in [6, 6.07) is 0. The minimum absolute atomic E-state index is 0.741. The highest BCUT2D eigenvalue weighted by atomic mass is 16.4. The highest BCUT2D eigenvalue weighted by molar-refractivity contribution is 5.62. The predicted molar refractivity (Wildman–Crippen MR) is 98.7 cm³/mol. The molecule has 0 unspecified atom stereocenters. The van der Waals surface area contributed by atoms with Crippen molar-refractivity contribution >= 4 is 12.3 Å². The van der Waals surface area contributed by atoms with E-state index < -0.39 is 5.97 Å². The number of aliphatic carboxylic acids is 1. The van der Waals surface area contributed by atoms with E-state index in [0.29, 0.717) is 0 Å². The van der Waals surface area contributed by atoms with Crippen LogP contribution in [0.25, 0.3) is 0 Å². The summed E-state index contributed by atoms with van der Waals surface area (Å²) in [6.45, 7) is 3.33. The van der Waals surface area contributed by atoms with Crippen LogP contribution >= 0.6 is 0 Å². The van der Waals surface area contributed by atoms with Crippen molar-refractivity contribution in [3.05, 3.63) is 24.3 Å². The van der Waals surface area contributed by atoms with Gasteiger partial charge in [-0.25, -0.2) is 0 Å². The fraction of sp³-hybridized carbons (Fsp3) is 0.700. The van der Waals surface area contributed by atoms with E-state index in [9.17, 15) is 4.79 Å². The molecule has 0 aliphatic rings. The van der Waals surface area contributed by atoms with Crippen molar-refractivity contribution in [2.45, 2.75) is 90.9 Å². The zero-order valence-corrected chi connectivity index (χ0v) is 15.1. The third-order valence-corrected chi connectivity index (χ3v) is 3.27. The van der Waals surface area contributed by atoms with Crippen molar-refractivity contribution in [1.82, 2.24) is 0 Å². The molecule has 134 valence electrons. The van der Waals surface area contributed by atoms with Gasteiger partial charge in [0.15, 0.2) is 0 Å². The number of carbonyl (C=O) groups is 2. The summed E-state index contributed by atoms with van der Waals surface area (Å²) in [7, 11) is 0. The third-order valence-electron chi connectivity index (χ3n) is 3.27. The molecule has 0 aliphatic carbocycles. The third kappa shape index (κ3) is 33.4. The predicted octanol–water partition coefficient (Wildman–Crippen LogP) is 6.09. The van der Waals surface area contributed by atoms with Crippen LogP contribution in [0.4, 0.5) is 0 Å². The number of carboxylic acid groups (broad SMARTS) is 1. The Kier molecular flexibility index (Phi) is 23.8. The van der Waals surface area contributed by atoms with Crippen LogP contribution in [0, 0.1) is 0 Å². The molecule has 0 bridgehead atoms. The Balaban J connectivity index is 0. The van der Waals surface area contributed by atoms with Gasteiger partial charge in [0.25, 0.3) is 5.97 Å². The molecule has 0 atom stereocenters. The average molecular weight is 325 g/mol. The normalized spacial score (nSPS) is 10.7. The van der Waals surface area contributed by atoms with E-state index in [1.165, 1.54) is 57.8 Å². The lowest BCUT2D eigenvalue weighted by Gasteiger charge is -1.97. The second-order valence-electron chi connectivity index (χ2n) is 5.71. The molecule has 0 rings (SSSR count). The van der Waals surface area contributed by atoms with Crippen LogP contribution in [-0.2, 0) is 9.59 Å². The molecule has 0 radical (unpaired) electrons. The summed E-state index contributed by atoms with van der Waals surface area (Å²) < 4.78 is 0. The van der Waals surface area contributed by atoms with E-state index in [2.05, 4.69) is 31.2 Å². The first-order valence-corrected chi connectivity index (χ1v) is 9.08. The first-order chi connectivity index (χ1) is 11.1. The van der Waals surface area contributed by atoms with E-state index in [-0.39, 0.29) is 0 Å². The maximum Gasteiger partial charge on any atom is 0.300 e. The van der Waals surface area contributed by atoms with Crippen molar-refractivity contribution < 1.29 is 14.7 Å². The van der Waals surface area contributed by atoms with Gasteiger partial charge in [-0.3, -0.25) is 4.79 Å². The van der Waals surface area contributed by atoms with E-state index in [1.807, 2.05) is 0 Å². The zero-order chi connectivity index (χ0) is 17.6. The minimum Gasteiger partial charge on any atom is -0.481 e. The SMILES string of the molecule is CC(=O)O.CCCCC/C=C\C/C=C\CCCCCCCC=O. The number of hydrogen-bond acceptors (Lipinski definition) is 2. The average Bonchev–Trinajstić information content (AvgIpc) is 2.50. The van der Waals surface area contributed by atoms with Crippen LogP contribution in [-0.4, -0.2) is 17.4 Å². The van der Waals surface area contributed by atoms with E-state index in [0.717, 1.165) is 32.5 Å². The van der Waals surface area contributed by atoms with Crippen LogP contribution in [0.1, 0.15) is 90.9 Å². The van der Waals surface area contributed by atoms with Crippen LogP contribution in [0.3, 0.4) is 0 Å². The minimum atomic E-state index is -0.833. The van der Waals surface area contributed by atoms with Gasteiger partial charge in [-0.15, -0.1) is 0 Å². The largest absolute Gasteiger partial charge is 0.481 e. The van der Waals surface area contributed by atoms with Crippen molar-refractivity contribution in [3.8, 4) is 0 Å². The molecule has 1 N–H and O–H groups in total. The Morgan fingerprint density at radius 3 is 1.70 bits per heavy atom. The fourth-order valence-electron chi connectivity index (χ4n) is 2.04. The zero-order valence-electron chi connectivity index (χ0n) is 15.1. The quantitative estimate of drug-likeness (QED) is 0.239. The molecule has 0 fully saturated rings. The van der Waals surface area contributed by atoms with E-state index in [4.69, 9.17) is 9.90 Å². The maximum absolute atomic E-state index is 10.1. The summed E-state index contributed by atoms with van der Waals surface area (Å²) in [5.41, 5.74) is 0. The van der Waals surface area contributed by atoms with Crippen LogP contribution in [0.15, 0.2) is 24.3 Å². The Morgan fingerprint density at radius 2 is 1.22 bits per heavy atom. The molecular formula is C20H36O3. The standard InChI is InChI=1S/C18H32O.C2H4O2/c1-2-3-4-5-6-7-8-9-10-11-12-13-14-15-16-17-18-19;1-2(3)4/h6-7,9-10,18H,2-5,8,11-17H2,1H3;1H3,(H,3,4)/b7-6-,10-9-;. The fourth-order valence-corrected chi connectivity index (χ4v) is 2.04. The summed E-state index contributed by atoms with van der Waals surface area (Å²) in [5.74, 6) is -0.833. The van der Waals surface area contributed by atoms with Crippen LogP contribution in [0.2, 0.25) is 0 Å². The molecule has 3 heteroatoms. The molecule has 0 aromatic heterocycles. The topological polar surface area (TPSA) is 54.4 Å². The molecule has 0 aromatic carbocycles. The van der Waals surface area contributed by atoms with E-state index in [1.54, 1.807) is 0 Å². The second-order valence-corrected chi connectivity index (χ2v) is 5.71. The van der Waals surface area contributed by atoms with Gasteiger partial charge in [-0.05, 0) is 38.5 Å². The molecule has 23 heavy (non-hydrogen) atoms. The molecule has 0 heterocycles. The monoisotopic (exact) mass is 324 g/mol. The van der Waals surface area contributed by atoms with Gasteiger partial charge in [-0.2, -0.15) is 0 Å². The smallest absolute Gasteiger partial charge is 0.300 e. The number of carboxylic acids is 1. The molecular weight excluding hydrogens is 288 g/mol. The van der Waals surface area contributed by atoms with Crippen molar-refractivity contribution in [2.75, 3.05) is 0 Å². The molecule has 0 saturated carbocycles. The van der Waals surface area contributed by atoms with Gasteiger partial charge in [-0.1, -0.05) is 63.3 Å². The van der Waals surface area contributed by atoms with Crippen LogP contribution in [0.5, 0.6) is 0 Å². The summed E-state index contributed by atoms with van der Waals surface area (Å²) in [5, 5.41) is 7.42. The number of unbranched alkanes of at least 4 members (excludes halogenated alkanes) is 9. The summed E-state index contributed by atoms with van der Waals surface area (Å²) >= 11 is 0. The highest BCUT2D eigenvalue weighted by Gasteiger charge is 1.89. The van der Waals surface area contributed by atoms with Gasteiger partial charge >= 0.3 is 0 Å². The summed E-state index contributed by atoms with van der Waals surface area (Å²) in [6.07, 6.45) is 24.6. The van der Waals surface area contributed by atoms with Gasteiger partial charge < -0.3 is 9.90 Å². The molecule has 0 amide bonds.